The molecule has 0 heterocycles. The number of nitrogens with one attached hydrogen (secondary N) is 1. The average molecular weight is 269 g/mol. The average Bonchev–Trinajstić information content (AvgIpc) is 2.46. The molecule has 0 aliphatic heterocycles. The highest BCUT2D eigenvalue weighted by Crippen LogP contribution is 2.20. The second kappa shape index (κ2) is 6.10. The van der Waals surface area contributed by atoms with E-state index in [4.69, 9.17) is 10.9 Å². The van der Waals surface area contributed by atoms with Gasteiger partial charge in [-0.05, 0) is 30.5 Å². The van der Waals surface area contributed by atoms with E-state index in [1.165, 1.54) is 16.8 Å². The predicted octanol–water partition coefficient (Wildman–Crippen LogP) is 3.01. The molecule has 0 saturated heterocycles. The fourth-order valence-corrected chi connectivity index (χ4v) is 2.13. The molecule has 2 rings (SSSR count). The predicted molar refractivity (Wildman–Crippen MR) is 82.2 cm³/mol. The van der Waals surface area contributed by atoms with Gasteiger partial charge in [-0.1, -0.05) is 47.6 Å². The first kappa shape index (κ1) is 13.9. The van der Waals surface area contributed by atoms with Crippen molar-refractivity contribution in [1.29, 1.82) is 0 Å². The maximum atomic E-state index is 8.62. The Morgan fingerprint density at radius 1 is 1.10 bits per heavy atom. The topological polar surface area (TPSA) is 70.6 Å². The number of anilines is 1. The van der Waals surface area contributed by atoms with Crippen LogP contribution in [0, 0.1) is 13.8 Å². The van der Waals surface area contributed by atoms with E-state index < -0.39 is 0 Å². The monoisotopic (exact) mass is 269 g/mol. The second-order valence-electron chi connectivity index (χ2n) is 4.80. The summed E-state index contributed by atoms with van der Waals surface area (Å²) in [6.45, 7) is 4.93. The lowest BCUT2D eigenvalue weighted by Crippen LogP contribution is -2.13. The highest BCUT2D eigenvalue weighted by atomic mass is 16.4. The fraction of sp³-hybridized carbons (Fsp3) is 0.188. The van der Waals surface area contributed by atoms with Gasteiger partial charge < -0.3 is 16.3 Å². The molecule has 4 heteroatoms. The molecule has 0 aliphatic rings. The van der Waals surface area contributed by atoms with Crippen LogP contribution in [0.25, 0.3) is 0 Å². The van der Waals surface area contributed by atoms with Crippen molar-refractivity contribution in [3.05, 3.63) is 64.7 Å². The molecule has 0 aromatic heterocycles. The number of rotatable bonds is 4. The Morgan fingerprint density at radius 3 is 2.25 bits per heavy atom. The minimum Gasteiger partial charge on any atom is -0.409 e. The summed E-state index contributed by atoms with van der Waals surface area (Å²) < 4.78 is 0. The molecule has 104 valence electrons. The van der Waals surface area contributed by atoms with Crippen LogP contribution in [-0.4, -0.2) is 11.0 Å². The smallest absolute Gasteiger partial charge is 0.170 e. The largest absolute Gasteiger partial charge is 0.409 e. The van der Waals surface area contributed by atoms with Gasteiger partial charge in [0, 0.05) is 17.8 Å². The lowest BCUT2D eigenvalue weighted by atomic mass is 10.1. The standard InChI is InChI=1S/C16H19N3O/c1-11-4-3-5-12(2)15(11)18-10-13-6-8-14(9-7-13)16(17)19-20/h3-9,18,20H,10H2,1-2H3,(H2,17,19). The van der Waals surface area contributed by atoms with Gasteiger partial charge in [0.05, 0.1) is 0 Å². The maximum Gasteiger partial charge on any atom is 0.170 e. The van der Waals surface area contributed by atoms with Crippen LogP contribution < -0.4 is 11.1 Å². The molecule has 0 fully saturated rings. The minimum atomic E-state index is 0.124. The number of benzene rings is 2. The zero-order chi connectivity index (χ0) is 14.5. The van der Waals surface area contributed by atoms with E-state index in [-0.39, 0.29) is 5.84 Å². The van der Waals surface area contributed by atoms with E-state index >= 15 is 0 Å². The minimum absolute atomic E-state index is 0.124. The summed E-state index contributed by atoms with van der Waals surface area (Å²) in [6, 6.07) is 13.9. The number of para-hydroxylation sites is 1. The summed E-state index contributed by atoms with van der Waals surface area (Å²) in [6.07, 6.45) is 0. The second-order valence-corrected chi connectivity index (χ2v) is 4.80. The molecule has 0 spiro atoms. The van der Waals surface area contributed by atoms with Crippen LogP contribution in [0.5, 0.6) is 0 Å². The Balaban J connectivity index is 2.08. The van der Waals surface area contributed by atoms with Crippen LogP contribution in [0.4, 0.5) is 5.69 Å². The molecule has 20 heavy (non-hydrogen) atoms. The Labute approximate surface area is 118 Å². The number of hydrogen-bond donors (Lipinski definition) is 3. The molecule has 0 bridgehead atoms. The fourth-order valence-electron chi connectivity index (χ4n) is 2.13. The SMILES string of the molecule is Cc1cccc(C)c1NCc1ccc(C(N)=NO)cc1. The van der Waals surface area contributed by atoms with Crippen LogP contribution in [0.3, 0.4) is 0 Å². The van der Waals surface area contributed by atoms with Gasteiger partial charge in [-0.3, -0.25) is 0 Å². The molecule has 0 radical (unpaired) electrons. The number of nitrogens with zero attached hydrogens (tertiary/aromatic N) is 1. The highest BCUT2D eigenvalue weighted by molar-refractivity contribution is 5.96. The number of amidine groups is 1. The molecule has 0 unspecified atom stereocenters. The maximum absolute atomic E-state index is 8.62. The Kier molecular flexibility index (Phi) is 4.25. The third-order valence-electron chi connectivity index (χ3n) is 3.31. The van der Waals surface area contributed by atoms with Crippen LogP contribution in [0.15, 0.2) is 47.6 Å². The third kappa shape index (κ3) is 3.09. The van der Waals surface area contributed by atoms with E-state index in [1.807, 2.05) is 24.3 Å². The summed E-state index contributed by atoms with van der Waals surface area (Å²) in [5.74, 6) is 0.124. The van der Waals surface area contributed by atoms with E-state index in [0.717, 1.165) is 12.1 Å². The van der Waals surface area contributed by atoms with Gasteiger partial charge in [-0.2, -0.15) is 0 Å². The van der Waals surface area contributed by atoms with E-state index in [2.05, 4.69) is 42.5 Å². The molecule has 0 atom stereocenters. The lowest BCUT2D eigenvalue weighted by Gasteiger charge is -2.12. The molecule has 0 amide bonds. The van der Waals surface area contributed by atoms with Gasteiger partial charge in [0.25, 0.3) is 0 Å². The number of hydrogen-bond acceptors (Lipinski definition) is 3. The van der Waals surface area contributed by atoms with Gasteiger partial charge in [0.1, 0.15) is 0 Å². The Morgan fingerprint density at radius 2 is 1.70 bits per heavy atom. The lowest BCUT2D eigenvalue weighted by molar-refractivity contribution is 0.318. The number of nitrogens with two attached hydrogens (primary N) is 1. The summed E-state index contributed by atoms with van der Waals surface area (Å²) >= 11 is 0. The zero-order valence-electron chi connectivity index (χ0n) is 11.7. The zero-order valence-corrected chi connectivity index (χ0v) is 11.7. The van der Waals surface area contributed by atoms with Gasteiger partial charge in [0.2, 0.25) is 0 Å². The molecule has 2 aromatic rings. The van der Waals surface area contributed by atoms with E-state index in [9.17, 15) is 0 Å². The number of oxime groups is 1. The van der Waals surface area contributed by atoms with Gasteiger partial charge in [-0.15, -0.1) is 0 Å². The van der Waals surface area contributed by atoms with Crippen molar-refractivity contribution in [3.63, 3.8) is 0 Å². The van der Waals surface area contributed by atoms with Crippen molar-refractivity contribution < 1.29 is 5.21 Å². The summed E-state index contributed by atoms with van der Waals surface area (Å²) in [5.41, 5.74) is 11.0. The molecule has 4 nitrogen and oxygen atoms in total. The van der Waals surface area contributed by atoms with Crippen molar-refractivity contribution >= 4 is 11.5 Å². The first-order chi connectivity index (χ1) is 9.61. The molecule has 0 aliphatic carbocycles. The Hall–Kier alpha value is -2.49. The Bertz CT molecular complexity index is 598. The van der Waals surface area contributed by atoms with E-state index in [0.29, 0.717) is 5.56 Å². The molecule has 2 aromatic carbocycles. The first-order valence-corrected chi connectivity index (χ1v) is 6.48. The van der Waals surface area contributed by atoms with Crippen molar-refractivity contribution in [2.75, 3.05) is 5.32 Å². The van der Waals surface area contributed by atoms with Crippen LogP contribution in [0.1, 0.15) is 22.3 Å². The summed E-state index contributed by atoms with van der Waals surface area (Å²) in [7, 11) is 0. The van der Waals surface area contributed by atoms with Gasteiger partial charge >= 0.3 is 0 Å². The quantitative estimate of drug-likeness (QED) is 0.346. The van der Waals surface area contributed by atoms with Crippen molar-refractivity contribution in [1.82, 2.24) is 0 Å². The molecular weight excluding hydrogens is 250 g/mol. The molecular formula is C16H19N3O. The molecule has 4 N–H and O–H groups in total. The number of aryl methyl sites for hydroxylation is 2. The summed E-state index contributed by atoms with van der Waals surface area (Å²) in [4.78, 5) is 0. The normalized spacial score (nSPS) is 11.4. The van der Waals surface area contributed by atoms with Crippen molar-refractivity contribution in [2.45, 2.75) is 20.4 Å². The van der Waals surface area contributed by atoms with Gasteiger partial charge in [-0.25, -0.2) is 0 Å². The van der Waals surface area contributed by atoms with Crippen LogP contribution in [-0.2, 0) is 6.54 Å². The summed E-state index contributed by atoms with van der Waals surface area (Å²) in [5, 5.41) is 15.1. The first-order valence-electron chi connectivity index (χ1n) is 6.48. The van der Waals surface area contributed by atoms with Crippen LogP contribution >= 0.6 is 0 Å². The third-order valence-corrected chi connectivity index (χ3v) is 3.31. The highest BCUT2D eigenvalue weighted by Gasteiger charge is 2.02. The van der Waals surface area contributed by atoms with Crippen molar-refractivity contribution in [3.8, 4) is 0 Å². The van der Waals surface area contributed by atoms with E-state index in [1.54, 1.807) is 0 Å². The van der Waals surface area contributed by atoms with Crippen LogP contribution in [0.2, 0.25) is 0 Å². The van der Waals surface area contributed by atoms with Gasteiger partial charge in [0.15, 0.2) is 5.84 Å². The van der Waals surface area contributed by atoms with Crippen molar-refractivity contribution in [2.24, 2.45) is 10.9 Å². The molecule has 0 saturated carbocycles.